The molecular formula is C22H26FNO4. The van der Waals surface area contributed by atoms with Gasteiger partial charge in [0, 0.05) is 24.9 Å². The summed E-state index contributed by atoms with van der Waals surface area (Å²) < 4.78 is 24.0. The minimum atomic E-state index is -0.393. The van der Waals surface area contributed by atoms with Crippen molar-refractivity contribution < 1.29 is 23.5 Å². The van der Waals surface area contributed by atoms with Crippen LogP contribution in [-0.4, -0.2) is 31.4 Å². The number of ether oxygens (including phenoxy) is 2. The Bertz CT molecular complexity index is 790. The molecule has 150 valence electrons. The number of hydrogen-bond acceptors (Lipinski definition) is 4. The second-order valence-electron chi connectivity index (χ2n) is 6.18. The van der Waals surface area contributed by atoms with Crippen molar-refractivity contribution in [3.8, 4) is 11.5 Å². The third-order valence-corrected chi connectivity index (χ3v) is 4.09. The first-order chi connectivity index (χ1) is 13.5. The molecule has 6 heteroatoms. The van der Waals surface area contributed by atoms with E-state index in [2.05, 4.69) is 5.32 Å². The van der Waals surface area contributed by atoms with Gasteiger partial charge in [-0.15, -0.1) is 0 Å². The second-order valence-corrected chi connectivity index (χ2v) is 6.18. The second kappa shape index (κ2) is 11.1. The minimum absolute atomic E-state index is 0.0923. The molecule has 0 aliphatic heterocycles. The molecule has 0 saturated heterocycles. The Labute approximate surface area is 164 Å². The van der Waals surface area contributed by atoms with Gasteiger partial charge in [0.15, 0.2) is 17.3 Å². The summed E-state index contributed by atoms with van der Waals surface area (Å²) in [6.07, 6.45) is 0.836. The number of nitrogens with one attached hydrogen (secondary N) is 1. The number of hydrogen-bond donors (Lipinski definition) is 1. The number of carbonyl (C=O) groups is 2. The van der Waals surface area contributed by atoms with Crippen molar-refractivity contribution in [3.05, 3.63) is 59.4 Å². The van der Waals surface area contributed by atoms with Crippen LogP contribution in [0.2, 0.25) is 0 Å². The van der Waals surface area contributed by atoms with Crippen LogP contribution in [0.3, 0.4) is 0 Å². The van der Waals surface area contributed by atoms with E-state index in [-0.39, 0.29) is 24.5 Å². The fourth-order valence-corrected chi connectivity index (χ4v) is 2.69. The standard InChI is InChI=1S/C22H26FNO4/c1-3-27-20-11-5-16(15-21(20)28-4-2)13-14-24-22(26)12-10-19(25)17-6-8-18(23)9-7-17/h5-9,11,15H,3-4,10,12-14H2,1-2H3,(H,24,26). The average molecular weight is 387 g/mol. The minimum Gasteiger partial charge on any atom is -0.490 e. The first kappa shape index (κ1) is 21.4. The summed E-state index contributed by atoms with van der Waals surface area (Å²) in [7, 11) is 0. The predicted octanol–water partition coefficient (Wildman–Crippen LogP) is 3.94. The fourth-order valence-electron chi connectivity index (χ4n) is 2.69. The summed E-state index contributed by atoms with van der Waals surface area (Å²) >= 11 is 0. The van der Waals surface area contributed by atoms with Crippen molar-refractivity contribution in [3.63, 3.8) is 0 Å². The zero-order valence-electron chi connectivity index (χ0n) is 16.3. The van der Waals surface area contributed by atoms with Crippen LogP contribution in [0.25, 0.3) is 0 Å². The van der Waals surface area contributed by atoms with E-state index in [1.165, 1.54) is 24.3 Å². The molecule has 0 spiro atoms. The smallest absolute Gasteiger partial charge is 0.220 e. The summed E-state index contributed by atoms with van der Waals surface area (Å²) in [5.41, 5.74) is 1.43. The number of carbonyl (C=O) groups excluding carboxylic acids is 2. The van der Waals surface area contributed by atoms with Gasteiger partial charge in [-0.25, -0.2) is 4.39 Å². The first-order valence-electron chi connectivity index (χ1n) is 9.47. The lowest BCUT2D eigenvalue weighted by Crippen LogP contribution is -2.26. The van der Waals surface area contributed by atoms with Gasteiger partial charge in [-0.3, -0.25) is 9.59 Å². The lowest BCUT2D eigenvalue weighted by molar-refractivity contribution is -0.121. The number of halogens is 1. The summed E-state index contributed by atoms with van der Waals surface area (Å²) in [5, 5.41) is 2.82. The normalized spacial score (nSPS) is 10.4. The maximum Gasteiger partial charge on any atom is 0.220 e. The maximum atomic E-state index is 12.9. The predicted molar refractivity (Wildman–Crippen MR) is 105 cm³/mol. The largest absolute Gasteiger partial charge is 0.490 e. The molecule has 2 rings (SSSR count). The van der Waals surface area contributed by atoms with E-state index < -0.39 is 5.82 Å². The van der Waals surface area contributed by atoms with Crippen LogP contribution in [0.15, 0.2) is 42.5 Å². The fraction of sp³-hybridized carbons (Fsp3) is 0.364. The van der Waals surface area contributed by atoms with Crippen molar-refractivity contribution >= 4 is 11.7 Å². The average Bonchev–Trinajstić information content (AvgIpc) is 2.69. The lowest BCUT2D eigenvalue weighted by atomic mass is 10.1. The Morgan fingerprint density at radius 3 is 2.29 bits per heavy atom. The molecule has 28 heavy (non-hydrogen) atoms. The molecule has 0 unspecified atom stereocenters. The summed E-state index contributed by atoms with van der Waals surface area (Å²) in [5.74, 6) is 0.639. The van der Waals surface area contributed by atoms with E-state index >= 15 is 0 Å². The molecule has 0 aliphatic rings. The van der Waals surface area contributed by atoms with E-state index in [0.29, 0.717) is 43.2 Å². The molecule has 1 N–H and O–H groups in total. The van der Waals surface area contributed by atoms with Gasteiger partial charge in [0.25, 0.3) is 0 Å². The van der Waals surface area contributed by atoms with Gasteiger partial charge < -0.3 is 14.8 Å². The number of amides is 1. The molecule has 2 aromatic rings. The monoisotopic (exact) mass is 387 g/mol. The molecule has 0 atom stereocenters. The summed E-state index contributed by atoms with van der Waals surface area (Å²) in [6.45, 7) is 5.40. The topological polar surface area (TPSA) is 64.6 Å². The highest BCUT2D eigenvalue weighted by atomic mass is 19.1. The van der Waals surface area contributed by atoms with Crippen LogP contribution in [0.1, 0.15) is 42.6 Å². The van der Waals surface area contributed by atoms with E-state index in [1.54, 1.807) is 0 Å². The number of ketones is 1. The van der Waals surface area contributed by atoms with Gasteiger partial charge in [0.1, 0.15) is 5.82 Å². The molecule has 2 aromatic carbocycles. The highest BCUT2D eigenvalue weighted by Crippen LogP contribution is 2.28. The molecule has 0 bridgehead atoms. The molecule has 5 nitrogen and oxygen atoms in total. The van der Waals surface area contributed by atoms with Crippen LogP contribution in [0.5, 0.6) is 11.5 Å². The Morgan fingerprint density at radius 2 is 1.61 bits per heavy atom. The van der Waals surface area contributed by atoms with Crippen LogP contribution in [-0.2, 0) is 11.2 Å². The van der Waals surface area contributed by atoms with Crippen molar-refractivity contribution in [2.45, 2.75) is 33.1 Å². The van der Waals surface area contributed by atoms with E-state index in [1.807, 2.05) is 32.0 Å². The molecule has 0 fully saturated rings. The number of rotatable bonds is 11. The van der Waals surface area contributed by atoms with Crippen LogP contribution < -0.4 is 14.8 Å². The van der Waals surface area contributed by atoms with Crippen LogP contribution in [0, 0.1) is 5.82 Å². The van der Waals surface area contributed by atoms with E-state index in [9.17, 15) is 14.0 Å². The first-order valence-corrected chi connectivity index (χ1v) is 9.47. The van der Waals surface area contributed by atoms with Crippen LogP contribution in [0.4, 0.5) is 4.39 Å². The van der Waals surface area contributed by atoms with Gasteiger partial charge in [-0.2, -0.15) is 0 Å². The van der Waals surface area contributed by atoms with Crippen molar-refractivity contribution in [2.75, 3.05) is 19.8 Å². The lowest BCUT2D eigenvalue weighted by Gasteiger charge is -2.12. The molecule has 1 amide bonds. The molecule has 0 saturated carbocycles. The van der Waals surface area contributed by atoms with E-state index in [4.69, 9.17) is 9.47 Å². The van der Waals surface area contributed by atoms with Crippen molar-refractivity contribution in [1.82, 2.24) is 5.32 Å². The third-order valence-electron chi connectivity index (χ3n) is 4.09. The van der Waals surface area contributed by atoms with Gasteiger partial charge >= 0.3 is 0 Å². The van der Waals surface area contributed by atoms with Crippen molar-refractivity contribution in [1.29, 1.82) is 0 Å². The van der Waals surface area contributed by atoms with Gasteiger partial charge in [0.2, 0.25) is 5.91 Å². The van der Waals surface area contributed by atoms with Gasteiger partial charge in [-0.1, -0.05) is 6.07 Å². The molecule has 0 aliphatic carbocycles. The molecule has 0 aromatic heterocycles. The Balaban J connectivity index is 1.77. The number of benzene rings is 2. The zero-order chi connectivity index (χ0) is 20.4. The van der Waals surface area contributed by atoms with E-state index in [0.717, 1.165) is 5.56 Å². The summed E-state index contributed by atoms with van der Waals surface area (Å²) in [4.78, 5) is 24.0. The highest BCUT2D eigenvalue weighted by molar-refractivity contribution is 5.97. The Kier molecular flexibility index (Phi) is 8.46. The SMILES string of the molecule is CCOc1ccc(CCNC(=O)CCC(=O)c2ccc(F)cc2)cc1OCC. The quantitative estimate of drug-likeness (QED) is 0.593. The van der Waals surface area contributed by atoms with Gasteiger partial charge in [-0.05, 0) is 62.2 Å². The molecular weight excluding hydrogens is 361 g/mol. The van der Waals surface area contributed by atoms with Crippen molar-refractivity contribution in [2.24, 2.45) is 0 Å². The van der Waals surface area contributed by atoms with Gasteiger partial charge in [0.05, 0.1) is 13.2 Å². The molecule has 0 heterocycles. The zero-order valence-corrected chi connectivity index (χ0v) is 16.3. The Hall–Kier alpha value is -2.89. The third kappa shape index (κ3) is 6.68. The van der Waals surface area contributed by atoms with Crippen LogP contribution >= 0.6 is 0 Å². The number of Topliss-reactive ketones (excluding diaryl/α,β-unsaturated/α-hetero) is 1. The summed E-state index contributed by atoms with van der Waals surface area (Å²) in [6, 6.07) is 11.1. The highest BCUT2D eigenvalue weighted by Gasteiger charge is 2.10. The molecule has 0 radical (unpaired) electrons. The maximum absolute atomic E-state index is 12.9. The Morgan fingerprint density at radius 1 is 0.929 bits per heavy atom.